The van der Waals surface area contributed by atoms with Crippen LogP contribution in [0.15, 0.2) is 30.5 Å². The molecule has 1 saturated carbocycles. The molecule has 0 amide bonds. The minimum Gasteiger partial charge on any atom is -0.350 e. The molecule has 1 fully saturated rings. The first-order chi connectivity index (χ1) is 8.16. The lowest BCUT2D eigenvalue weighted by Gasteiger charge is -2.30. The standard InChI is InChI=1S/C14H16N2O/c1-16-8-12(11-4-2-3-5-13(11)16)14(17)9-6-10(15)7-9/h2-5,8-10H,6-7,15H2,1H3. The lowest BCUT2D eigenvalue weighted by atomic mass is 9.76. The minimum atomic E-state index is 0.135. The van der Waals surface area contributed by atoms with Gasteiger partial charge >= 0.3 is 0 Å². The maximum absolute atomic E-state index is 12.3. The predicted octanol–water partition coefficient (Wildman–Crippen LogP) is 2.10. The second-order valence-electron chi connectivity index (χ2n) is 4.96. The number of nitrogens with zero attached hydrogens (tertiary/aromatic N) is 1. The van der Waals surface area contributed by atoms with Crippen molar-refractivity contribution >= 4 is 16.7 Å². The van der Waals surface area contributed by atoms with Gasteiger partial charge in [0.25, 0.3) is 0 Å². The van der Waals surface area contributed by atoms with Crippen molar-refractivity contribution in [2.75, 3.05) is 0 Å². The van der Waals surface area contributed by atoms with Gasteiger partial charge in [-0.1, -0.05) is 18.2 Å². The van der Waals surface area contributed by atoms with Gasteiger partial charge in [0.2, 0.25) is 0 Å². The zero-order valence-electron chi connectivity index (χ0n) is 9.89. The zero-order chi connectivity index (χ0) is 12.0. The first kappa shape index (κ1) is 10.5. The highest BCUT2D eigenvalue weighted by Crippen LogP contribution is 2.32. The summed E-state index contributed by atoms with van der Waals surface area (Å²) in [6.45, 7) is 0. The molecule has 1 heterocycles. The Kier molecular flexibility index (Phi) is 2.30. The summed E-state index contributed by atoms with van der Waals surface area (Å²) >= 11 is 0. The molecule has 2 N–H and O–H groups in total. The molecule has 0 bridgehead atoms. The fraction of sp³-hybridized carbons (Fsp3) is 0.357. The molecular formula is C14H16N2O. The summed E-state index contributed by atoms with van der Waals surface area (Å²) in [5, 5.41) is 1.06. The molecule has 2 aromatic rings. The number of rotatable bonds is 2. The van der Waals surface area contributed by atoms with Gasteiger partial charge in [0, 0.05) is 41.7 Å². The van der Waals surface area contributed by atoms with E-state index in [1.807, 2.05) is 42.1 Å². The Balaban J connectivity index is 2.03. The predicted molar refractivity (Wildman–Crippen MR) is 67.9 cm³/mol. The SMILES string of the molecule is Cn1cc(C(=O)C2CC(N)C2)c2ccccc21. The van der Waals surface area contributed by atoms with Crippen LogP contribution in [0, 0.1) is 5.92 Å². The van der Waals surface area contributed by atoms with Gasteiger partial charge < -0.3 is 10.3 Å². The number of carbonyl (C=O) groups excluding carboxylic acids is 1. The Morgan fingerprint density at radius 3 is 2.76 bits per heavy atom. The topological polar surface area (TPSA) is 48.0 Å². The molecule has 3 nitrogen and oxygen atoms in total. The molecule has 0 saturated heterocycles. The number of aromatic nitrogens is 1. The van der Waals surface area contributed by atoms with Crippen LogP contribution in [-0.2, 0) is 7.05 Å². The van der Waals surface area contributed by atoms with E-state index in [-0.39, 0.29) is 17.7 Å². The molecule has 1 aliphatic carbocycles. The fourth-order valence-corrected chi connectivity index (χ4v) is 2.63. The van der Waals surface area contributed by atoms with E-state index in [2.05, 4.69) is 0 Å². The molecule has 0 aliphatic heterocycles. The van der Waals surface area contributed by atoms with Crippen LogP contribution in [0.1, 0.15) is 23.2 Å². The van der Waals surface area contributed by atoms with Crippen molar-refractivity contribution in [2.45, 2.75) is 18.9 Å². The fourth-order valence-electron chi connectivity index (χ4n) is 2.63. The molecule has 1 aromatic heterocycles. The Morgan fingerprint density at radius 1 is 1.35 bits per heavy atom. The van der Waals surface area contributed by atoms with Crippen LogP contribution < -0.4 is 5.73 Å². The van der Waals surface area contributed by atoms with Crippen molar-refractivity contribution in [3.63, 3.8) is 0 Å². The number of hydrogen-bond donors (Lipinski definition) is 1. The molecule has 17 heavy (non-hydrogen) atoms. The van der Waals surface area contributed by atoms with Crippen LogP contribution in [0.25, 0.3) is 10.9 Å². The molecule has 3 heteroatoms. The van der Waals surface area contributed by atoms with Crippen molar-refractivity contribution in [3.05, 3.63) is 36.0 Å². The number of para-hydroxylation sites is 1. The van der Waals surface area contributed by atoms with Gasteiger partial charge in [-0.3, -0.25) is 4.79 Å². The van der Waals surface area contributed by atoms with Crippen LogP contribution in [0.3, 0.4) is 0 Å². The number of nitrogens with two attached hydrogens (primary N) is 1. The van der Waals surface area contributed by atoms with E-state index >= 15 is 0 Å². The Hall–Kier alpha value is -1.61. The molecule has 0 radical (unpaired) electrons. The van der Waals surface area contributed by atoms with E-state index < -0.39 is 0 Å². The van der Waals surface area contributed by atoms with Crippen molar-refractivity contribution in [3.8, 4) is 0 Å². The highest BCUT2D eigenvalue weighted by molar-refractivity contribution is 6.09. The average Bonchev–Trinajstić information content (AvgIpc) is 2.63. The highest BCUT2D eigenvalue weighted by atomic mass is 16.1. The van der Waals surface area contributed by atoms with Crippen molar-refractivity contribution in [1.82, 2.24) is 4.57 Å². The summed E-state index contributed by atoms with van der Waals surface area (Å²) in [5.74, 6) is 0.388. The molecule has 0 atom stereocenters. The van der Waals surface area contributed by atoms with Gasteiger partial charge in [0.15, 0.2) is 5.78 Å². The number of aryl methyl sites for hydroxylation is 1. The van der Waals surface area contributed by atoms with E-state index in [9.17, 15) is 4.79 Å². The lowest BCUT2D eigenvalue weighted by molar-refractivity contribution is 0.0834. The summed E-state index contributed by atoms with van der Waals surface area (Å²) in [6.07, 6.45) is 3.61. The third-order valence-electron chi connectivity index (χ3n) is 3.71. The quantitative estimate of drug-likeness (QED) is 0.800. The number of benzene rings is 1. The van der Waals surface area contributed by atoms with E-state index in [0.717, 1.165) is 29.3 Å². The molecule has 1 aliphatic rings. The molecule has 3 rings (SSSR count). The molecule has 1 aromatic carbocycles. The molecular weight excluding hydrogens is 212 g/mol. The monoisotopic (exact) mass is 228 g/mol. The van der Waals surface area contributed by atoms with Crippen LogP contribution in [0.2, 0.25) is 0 Å². The van der Waals surface area contributed by atoms with Crippen LogP contribution in [-0.4, -0.2) is 16.4 Å². The van der Waals surface area contributed by atoms with Gasteiger partial charge in [0.1, 0.15) is 0 Å². The Labute approximate surface area is 100 Å². The van der Waals surface area contributed by atoms with E-state index in [0.29, 0.717) is 0 Å². The Bertz CT molecular complexity index is 579. The van der Waals surface area contributed by atoms with Crippen molar-refractivity contribution in [1.29, 1.82) is 0 Å². The second-order valence-corrected chi connectivity index (χ2v) is 4.96. The van der Waals surface area contributed by atoms with E-state index in [4.69, 9.17) is 5.73 Å². The summed E-state index contributed by atoms with van der Waals surface area (Å²) in [4.78, 5) is 12.3. The van der Waals surface area contributed by atoms with Crippen LogP contribution in [0.4, 0.5) is 0 Å². The number of ketones is 1. The van der Waals surface area contributed by atoms with Crippen molar-refractivity contribution in [2.24, 2.45) is 18.7 Å². The summed E-state index contributed by atoms with van der Waals surface area (Å²) in [7, 11) is 1.98. The number of Topliss-reactive ketones (excluding diaryl/α,β-unsaturated/α-hetero) is 1. The first-order valence-electron chi connectivity index (χ1n) is 6.00. The largest absolute Gasteiger partial charge is 0.350 e. The maximum Gasteiger partial charge on any atom is 0.168 e. The van der Waals surface area contributed by atoms with Gasteiger partial charge in [-0.05, 0) is 18.9 Å². The van der Waals surface area contributed by atoms with E-state index in [1.54, 1.807) is 0 Å². The van der Waals surface area contributed by atoms with E-state index in [1.165, 1.54) is 0 Å². The normalized spacial score (nSPS) is 23.6. The summed E-state index contributed by atoms with van der Waals surface area (Å²) < 4.78 is 2.02. The van der Waals surface area contributed by atoms with Gasteiger partial charge in [-0.25, -0.2) is 0 Å². The number of fused-ring (bicyclic) bond motifs is 1. The maximum atomic E-state index is 12.3. The van der Waals surface area contributed by atoms with Crippen molar-refractivity contribution < 1.29 is 4.79 Å². The lowest BCUT2D eigenvalue weighted by Crippen LogP contribution is -2.40. The Morgan fingerprint density at radius 2 is 2.06 bits per heavy atom. The highest BCUT2D eigenvalue weighted by Gasteiger charge is 2.33. The van der Waals surface area contributed by atoms with Gasteiger partial charge in [-0.2, -0.15) is 0 Å². The summed E-state index contributed by atoms with van der Waals surface area (Å²) in [6, 6.07) is 8.25. The molecule has 0 unspecified atom stereocenters. The number of carbonyl (C=O) groups is 1. The average molecular weight is 228 g/mol. The third-order valence-corrected chi connectivity index (χ3v) is 3.71. The van der Waals surface area contributed by atoms with Gasteiger partial charge in [0.05, 0.1) is 0 Å². The van der Waals surface area contributed by atoms with Crippen LogP contribution >= 0.6 is 0 Å². The summed E-state index contributed by atoms with van der Waals surface area (Å²) in [5.41, 5.74) is 7.70. The third kappa shape index (κ3) is 1.58. The first-order valence-corrected chi connectivity index (χ1v) is 6.00. The molecule has 0 spiro atoms. The minimum absolute atomic E-state index is 0.135. The van der Waals surface area contributed by atoms with Gasteiger partial charge in [-0.15, -0.1) is 0 Å². The number of hydrogen-bond acceptors (Lipinski definition) is 2. The second kappa shape index (κ2) is 3.70. The zero-order valence-corrected chi connectivity index (χ0v) is 9.89. The van der Waals surface area contributed by atoms with Crippen LogP contribution in [0.5, 0.6) is 0 Å². The molecule has 88 valence electrons. The smallest absolute Gasteiger partial charge is 0.168 e.